The van der Waals surface area contributed by atoms with Gasteiger partial charge >= 0.3 is 0 Å². The van der Waals surface area contributed by atoms with Crippen molar-refractivity contribution in [2.75, 3.05) is 6.61 Å². The third-order valence-corrected chi connectivity index (χ3v) is 4.29. The van der Waals surface area contributed by atoms with Crippen molar-refractivity contribution < 1.29 is 28.8 Å². The van der Waals surface area contributed by atoms with Gasteiger partial charge in [0.2, 0.25) is 0 Å². The Morgan fingerprint density at radius 3 is 2.24 bits per heavy atom. The highest BCUT2D eigenvalue weighted by molar-refractivity contribution is 5.89. The Bertz CT molecular complexity index is 440. The minimum atomic E-state index is -0.733. The maximum Gasteiger partial charge on any atom is 0.169 e. The predicted molar refractivity (Wildman–Crippen MR) is 72.7 cm³/mol. The maximum atomic E-state index is 12.4. The Morgan fingerprint density at radius 2 is 1.67 bits per heavy atom. The Kier molecular flexibility index (Phi) is 3.46. The van der Waals surface area contributed by atoms with Crippen molar-refractivity contribution in [3.8, 4) is 0 Å². The van der Waals surface area contributed by atoms with Gasteiger partial charge in [-0.3, -0.25) is 4.79 Å². The van der Waals surface area contributed by atoms with Gasteiger partial charge in [0.1, 0.15) is 36.6 Å². The third-order valence-electron chi connectivity index (χ3n) is 4.29. The van der Waals surface area contributed by atoms with Gasteiger partial charge in [-0.2, -0.15) is 0 Å². The molecule has 0 aromatic rings. The number of carbonyl (C=O) groups excluding carboxylic acids is 1. The van der Waals surface area contributed by atoms with Gasteiger partial charge in [0.15, 0.2) is 11.6 Å². The first-order valence-electron chi connectivity index (χ1n) is 7.46. The van der Waals surface area contributed by atoms with Crippen molar-refractivity contribution in [1.29, 1.82) is 0 Å². The second-order valence-electron chi connectivity index (χ2n) is 7.52. The van der Waals surface area contributed by atoms with Gasteiger partial charge in [-0.15, -0.1) is 0 Å². The molecule has 120 valence electrons. The number of carbonyl (C=O) groups is 1. The molecule has 3 heterocycles. The molecule has 3 saturated heterocycles. The van der Waals surface area contributed by atoms with Crippen molar-refractivity contribution in [2.45, 2.75) is 77.0 Å². The topological polar surface area (TPSA) is 74.2 Å². The van der Waals surface area contributed by atoms with E-state index in [0.29, 0.717) is 0 Å². The van der Waals surface area contributed by atoms with Crippen LogP contribution in [0.2, 0.25) is 0 Å². The normalized spacial score (nSPS) is 44.7. The van der Waals surface area contributed by atoms with Crippen LogP contribution in [0.1, 0.15) is 34.6 Å². The van der Waals surface area contributed by atoms with E-state index in [4.69, 9.17) is 18.9 Å². The van der Waals surface area contributed by atoms with E-state index in [-0.39, 0.29) is 36.8 Å². The summed E-state index contributed by atoms with van der Waals surface area (Å²) in [7, 11) is 0. The average Bonchev–Trinajstić information content (AvgIpc) is 2.63. The van der Waals surface area contributed by atoms with Gasteiger partial charge in [-0.25, -0.2) is 0 Å². The molecule has 0 saturated carbocycles. The molecule has 1 N–H and O–H groups in total. The number of aliphatic hydroxyl groups is 1. The molecular weight excluding hydrogens is 276 g/mol. The summed E-state index contributed by atoms with van der Waals surface area (Å²) in [6.07, 6.45) is -2.42. The lowest BCUT2D eigenvalue weighted by atomic mass is 9.79. The molecule has 3 aliphatic heterocycles. The summed E-state index contributed by atoms with van der Waals surface area (Å²) in [5.74, 6) is -0.721. The summed E-state index contributed by atoms with van der Waals surface area (Å²) in [5.41, 5.74) is -0.489. The molecule has 0 aromatic heterocycles. The second-order valence-corrected chi connectivity index (χ2v) is 7.52. The summed E-state index contributed by atoms with van der Waals surface area (Å²) < 4.78 is 23.3. The monoisotopic (exact) mass is 300 g/mol. The molecule has 3 fully saturated rings. The second kappa shape index (κ2) is 4.73. The van der Waals surface area contributed by atoms with Gasteiger partial charge in [0.25, 0.3) is 0 Å². The van der Waals surface area contributed by atoms with Crippen LogP contribution in [0.15, 0.2) is 0 Å². The van der Waals surface area contributed by atoms with Crippen LogP contribution in [-0.4, -0.2) is 59.9 Å². The predicted octanol–water partition coefficient (Wildman–Crippen LogP) is 0.649. The highest BCUT2D eigenvalue weighted by atomic mass is 16.8. The molecule has 3 aliphatic rings. The van der Waals surface area contributed by atoms with E-state index >= 15 is 0 Å². The third kappa shape index (κ3) is 2.43. The minimum absolute atomic E-state index is 0.0112. The lowest BCUT2D eigenvalue weighted by Gasteiger charge is -2.52. The Balaban J connectivity index is 1.78. The number of fused-ring (bicyclic) bond motifs is 3. The SMILES string of the molecule is CC1(C)O[C@@H]2[C@H]3O[C@@H](C(=O)C(C)(C)C)[C@H]3O[C@H](CO)[C@@H]2O1. The van der Waals surface area contributed by atoms with Crippen LogP contribution in [0.3, 0.4) is 0 Å². The summed E-state index contributed by atoms with van der Waals surface area (Å²) in [5, 5.41) is 9.53. The molecule has 0 radical (unpaired) electrons. The minimum Gasteiger partial charge on any atom is -0.394 e. The molecule has 3 rings (SSSR count). The lowest BCUT2D eigenvalue weighted by Crippen LogP contribution is -2.71. The fraction of sp³-hybridized carbons (Fsp3) is 0.933. The number of ether oxygens (including phenoxy) is 4. The van der Waals surface area contributed by atoms with Crippen LogP contribution in [0.5, 0.6) is 0 Å². The number of aliphatic hydroxyl groups excluding tert-OH is 1. The number of hydrogen-bond donors (Lipinski definition) is 1. The number of ketones is 1. The number of hydrogen-bond acceptors (Lipinski definition) is 6. The molecule has 0 bridgehead atoms. The molecule has 0 aliphatic carbocycles. The fourth-order valence-electron chi connectivity index (χ4n) is 3.24. The summed E-state index contributed by atoms with van der Waals surface area (Å²) in [4.78, 5) is 12.4. The Morgan fingerprint density at radius 1 is 1.05 bits per heavy atom. The highest BCUT2D eigenvalue weighted by Crippen LogP contribution is 2.45. The first-order valence-corrected chi connectivity index (χ1v) is 7.46. The van der Waals surface area contributed by atoms with Gasteiger partial charge in [0.05, 0.1) is 6.61 Å². The molecule has 6 nitrogen and oxygen atoms in total. The van der Waals surface area contributed by atoms with Crippen LogP contribution in [0.4, 0.5) is 0 Å². The van der Waals surface area contributed by atoms with E-state index in [9.17, 15) is 9.90 Å². The van der Waals surface area contributed by atoms with E-state index in [1.54, 1.807) is 0 Å². The molecule has 6 atom stereocenters. The van der Waals surface area contributed by atoms with E-state index in [1.807, 2.05) is 34.6 Å². The van der Waals surface area contributed by atoms with E-state index in [1.165, 1.54) is 0 Å². The molecule has 6 heteroatoms. The quantitative estimate of drug-likeness (QED) is 0.807. The van der Waals surface area contributed by atoms with Gasteiger partial charge < -0.3 is 24.1 Å². The van der Waals surface area contributed by atoms with Crippen molar-refractivity contribution in [3.05, 3.63) is 0 Å². The zero-order valence-corrected chi connectivity index (χ0v) is 13.2. The van der Waals surface area contributed by atoms with Crippen LogP contribution in [0, 0.1) is 5.41 Å². The highest BCUT2D eigenvalue weighted by Gasteiger charge is 2.64. The van der Waals surface area contributed by atoms with Crippen molar-refractivity contribution in [1.82, 2.24) is 0 Å². The summed E-state index contributed by atoms with van der Waals surface area (Å²) in [6, 6.07) is 0. The molecular formula is C15H24O6. The van der Waals surface area contributed by atoms with E-state index < -0.39 is 23.4 Å². The Hall–Kier alpha value is -0.530. The van der Waals surface area contributed by atoms with Crippen molar-refractivity contribution >= 4 is 5.78 Å². The number of Topliss-reactive ketones (excluding diaryl/α,β-unsaturated/α-hetero) is 1. The molecule has 21 heavy (non-hydrogen) atoms. The van der Waals surface area contributed by atoms with Crippen LogP contribution in [-0.2, 0) is 23.7 Å². The largest absolute Gasteiger partial charge is 0.394 e. The van der Waals surface area contributed by atoms with E-state index in [2.05, 4.69) is 0 Å². The standard InChI is InChI=1S/C15H24O6/c1-14(2,3)13(17)12-10-9(19-12)11-8(7(6-16)18-10)20-15(4,5)21-11/h7-12,16H,6H2,1-5H3/t7-,8+,9+,10+,11+,12-/m1/s1. The molecule has 0 unspecified atom stereocenters. The molecule has 0 amide bonds. The zero-order chi connectivity index (χ0) is 15.6. The lowest BCUT2D eigenvalue weighted by molar-refractivity contribution is -0.312. The maximum absolute atomic E-state index is 12.4. The first kappa shape index (κ1) is 15.4. The van der Waals surface area contributed by atoms with Gasteiger partial charge in [0, 0.05) is 5.41 Å². The van der Waals surface area contributed by atoms with Crippen molar-refractivity contribution in [2.24, 2.45) is 5.41 Å². The Labute approximate surface area is 124 Å². The fourth-order valence-corrected chi connectivity index (χ4v) is 3.24. The van der Waals surface area contributed by atoms with E-state index in [0.717, 1.165) is 0 Å². The average molecular weight is 300 g/mol. The summed E-state index contributed by atoms with van der Waals surface area (Å²) >= 11 is 0. The summed E-state index contributed by atoms with van der Waals surface area (Å²) in [6.45, 7) is 9.06. The van der Waals surface area contributed by atoms with Crippen LogP contribution in [0.25, 0.3) is 0 Å². The smallest absolute Gasteiger partial charge is 0.169 e. The van der Waals surface area contributed by atoms with Crippen LogP contribution >= 0.6 is 0 Å². The molecule has 0 spiro atoms. The zero-order valence-electron chi connectivity index (χ0n) is 13.2. The first-order chi connectivity index (χ1) is 9.64. The number of rotatable bonds is 2. The molecule has 0 aromatic carbocycles. The van der Waals surface area contributed by atoms with Crippen LogP contribution < -0.4 is 0 Å². The van der Waals surface area contributed by atoms with Gasteiger partial charge in [-0.05, 0) is 13.8 Å². The van der Waals surface area contributed by atoms with Crippen molar-refractivity contribution in [3.63, 3.8) is 0 Å². The van der Waals surface area contributed by atoms with Gasteiger partial charge in [-0.1, -0.05) is 20.8 Å².